The summed E-state index contributed by atoms with van der Waals surface area (Å²) in [5, 5.41) is 2.66. The summed E-state index contributed by atoms with van der Waals surface area (Å²) in [6.45, 7) is 0. The summed E-state index contributed by atoms with van der Waals surface area (Å²) in [4.78, 5) is 4.59. The van der Waals surface area contributed by atoms with Gasteiger partial charge in [0.2, 0.25) is 0 Å². The van der Waals surface area contributed by atoms with Crippen molar-refractivity contribution in [3.05, 3.63) is 103 Å². The molecular weight excluding hydrogens is 338 g/mol. The Kier molecular flexibility index (Phi) is 3.24. The topological polar surface area (TPSA) is 12.9 Å². The smallest absolute Gasteiger partial charge is 0.0708 e. The lowest BCUT2D eigenvalue weighted by Crippen LogP contribution is -1.86. The van der Waals surface area contributed by atoms with Crippen LogP contribution < -0.4 is 0 Å². The van der Waals surface area contributed by atoms with Crippen molar-refractivity contribution in [2.24, 2.45) is 0 Å². The molecule has 0 N–H and O–H groups in total. The average molecular weight is 355 g/mol. The lowest BCUT2D eigenvalue weighted by Gasteiger charge is -2.09. The molecule has 28 heavy (non-hydrogen) atoms. The minimum absolute atomic E-state index is 1.00. The molecule has 5 aromatic rings. The minimum atomic E-state index is 1.00. The van der Waals surface area contributed by atoms with Crippen LogP contribution in [0.25, 0.3) is 55.4 Å². The molecule has 0 bridgehead atoms. The van der Waals surface area contributed by atoms with Gasteiger partial charge in [0.25, 0.3) is 0 Å². The van der Waals surface area contributed by atoms with Crippen molar-refractivity contribution >= 4 is 10.8 Å². The standard InChI is InChI=1S/C27H17N/c1-2-7-18(8-3-1)26-17-19(13-14-28-26)21-15-20-9-6-12-24-22-10-4-5-11-23(22)25(16-21)27(20)24/h1-17H. The normalized spacial score (nSPS) is 11.6. The van der Waals surface area contributed by atoms with Crippen LogP contribution in [0.2, 0.25) is 0 Å². The van der Waals surface area contributed by atoms with E-state index in [0.29, 0.717) is 0 Å². The quantitative estimate of drug-likeness (QED) is 0.319. The molecule has 6 rings (SSSR count). The van der Waals surface area contributed by atoms with Crippen molar-refractivity contribution in [1.29, 1.82) is 0 Å². The van der Waals surface area contributed by atoms with Crippen molar-refractivity contribution in [3.8, 4) is 44.6 Å². The lowest BCUT2D eigenvalue weighted by molar-refractivity contribution is 1.33. The molecule has 0 atom stereocenters. The molecule has 0 saturated carbocycles. The van der Waals surface area contributed by atoms with Crippen LogP contribution in [0.4, 0.5) is 0 Å². The van der Waals surface area contributed by atoms with Gasteiger partial charge in [-0.2, -0.15) is 0 Å². The monoisotopic (exact) mass is 355 g/mol. The van der Waals surface area contributed by atoms with Crippen LogP contribution in [0.15, 0.2) is 103 Å². The Hall–Kier alpha value is -3.71. The van der Waals surface area contributed by atoms with Gasteiger partial charge in [0.05, 0.1) is 5.69 Å². The summed E-state index contributed by atoms with van der Waals surface area (Å²) in [6.07, 6.45) is 1.91. The van der Waals surface area contributed by atoms with Crippen molar-refractivity contribution < 1.29 is 0 Å². The third-order valence-corrected chi connectivity index (χ3v) is 5.65. The zero-order valence-corrected chi connectivity index (χ0v) is 15.3. The highest BCUT2D eigenvalue weighted by Crippen LogP contribution is 2.48. The Morgan fingerprint density at radius 2 is 1.21 bits per heavy atom. The molecule has 0 aliphatic heterocycles. The van der Waals surface area contributed by atoms with Gasteiger partial charge in [-0.3, -0.25) is 4.98 Å². The Labute approximate surface area is 163 Å². The van der Waals surface area contributed by atoms with Gasteiger partial charge in [-0.25, -0.2) is 0 Å². The van der Waals surface area contributed by atoms with Gasteiger partial charge in [0.15, 0.2) is 0 Å². The SMILES string of the molecule is c1ccc(-c2cc(-c3cc4c5c(cccc5c3)-c3ccccc3-4)ccn2)cc1. The predicted octanol–water partition coefficient (Wildman–Crippen LogP) is 7.22. The highest BCUT2D eigenvalue weighted by Gasteiger charge is 2.21. The number of nitrogens with zero attached hydrogens (tertiary/aromatic N) is 1. The molecule has 1 heterocycles. The van der Waals surface area contributed by atoms with Gasteiger partial charge < -0.3 is 0 Å². The maximum Gasteiger partial charge on any atom is 0.0708 e. The van der Waals surface area contributed by atoms with Crippen molar-refractivity contribution in [2.75, 3.05) is 0 Å². The van der Waals surface area contributed by atoms with Crippen LogP contribution >= 0.6 is 0 Å². The van der Waals surface area contributed by atoms with Gasteiger partial charge in [-0.15, -0.1) is 0 Å². The van der Waals surface area contributed by atoms with Gasteiger partial charge in [-0.1, -0.05) is 72.8 Å². The Balaban J connectivity index is 1.58. The Morgan fingerprint density at radius 1 is 0.464 bits per heavy atom. The summed E-state index contributed by atoms with van der Waals surface area (Å²) >= 11 is 0. The maximum absolute atomic E-state index is 4.59. The average Bonchev–Trinajstić information content (AvgIpc) is 3.10. The molecule has 0 unspecified atom stereocenters. The first-order chi connectivity index (χ1) is 13.9. The van der Waals surface area contributed by atoms with Crippen molar-refractivity contribution in [2.45, 2.75) is 0 Å². The summed E-state index contributed by atoms with van der Waals surface area (Å²) in [5.74, 6) is 0. The second kappa shape index (κ2) is 5.90. The second-order valence-electron chi connectivity index (χ2n) is 7.27. The number of pyridine rings is 1. The largest absolute Gasteiger partial charge is 0.256 e. The molecule has 130 valence electrons. The summed E-state index contributed by atoms with van der Waals surface area (Å²) in [7, 11) is 0. The van der Waals surface area contributed by atoms with Crippen molar-refractivity contribution in [1.82, 2.24) is 4.98 Å². The molecule has 4 aromatic carbocycles. The fraction of sp³-hybridized carbons (Fsp3) is 0. The van der Waals surface area contributed by atoms with E-state index in [1.165, 1.54) is 44.2 Å². The fourth-order valence-corrected chi connectivity index (χ4v) is 4.36. The number of hydrogen-bond acceptors (Lipinski definition) is 1. The lowest BCUT2D eigenvalue weighted by atomic mass is 9.96. The van der Waals surface area contributed by atoms with Crippen LogP contribution in [0, 0.1) is 0 Å². The van der Waals surface area contributed by atoms with E-state index in [1.54, 1.807) is 0 Å². The summed E-state index contributed by atoms with van der Waals surface area (Å²) in [5.41, 5.74) is 9.91. The molecular formula is C27H17N. The van der Waals surface area contributed by atoms with Crippen molar-refractivity contribution in [3.63, 3.8) is 0 Å². The molecule has 1 aliphatic rings. The Bertz CT molecular complexity index is 1350. The third-order valence-electron chi connectivity index (χ3n) is 5.65. The van der Waals surface area contributed by atoms with E-state index in [1.807, 2.05) is 12.3 Å². The fourth-order valence-electron chi connectivity index (χ4n) is 4.36. The molecule has 0 amide bonds. The van der Waals surface area contributed by atoms with E-state index < -0.39 is 0 Å². The molecule has 0 spiro atoms. The van der Waals surface area contributed by atoms with E-state index in [0.717, 1.165) is 11.3 Å². The Morgan fingerprint density at radius 3 is 2.07 bits per heavy atom. The van der Waals surface area contributed by atoms with Gasteiger partial charge >= 0.3 is 0 Å². The van der Waals surface area contributed by atoms with Gasteiger partial charge in [0, 0.05) is 11.8 Å². The summed E-state index contributed by atoms with van der Waals surface area (Å²) in [6, 6.07) is 34.6. The number of aromatic nitrogens is 1. The van der Waals surface area contributed by atoms with E-state index in [2.05, 4.69) is 96.0 Å². The van der Waals surface area contributed by atoms with Crippen LogP contribution in [-0.4, -0.2) is 4.98 Å². The van der Waals surface area contributed by atoms with Gasteiger partial charge in [-0.05, 0) is 68.4 Å². The zero-order chi connectivity index (χ0) is 18.5. The molecule has 1 nitrogen and oxygen atoms in total. The van der Waals surface area contributed by atoms with E-state index >= 15 is 0 Å². The number of fused-ring (bicyclic) bond motifs is 3. The molecule has 0 saturated heterocycles. The van der Waals surface area contributed by atoms with Crippen LogP contribution in [0.1, 0.15) is 0 Å². The minimum Gasteiger partial charge on any atom is -0.256 e. The maximum atomic E-state index is 4.59. The first kappa shape index (κ1) is 15.4. The second-order valence-corrected chi connectivity index (χ2v) is 7.27. The van der Waals surface area contributed by atoms with E-state index in [-0.39, 0.29) is 0 Å². The third kappa shape index (κ3) is 2.23. The number of benzene rings is 4. The highest BCUT2D eigenvalue weighted by atomic mass is 14.7. The number of hydrogen-bond donors (Lipinski definition) is 0. The first-order valence-corrected chi connectivity index (χ1v) is 9.57. The van der Waals surface area contributed by atoms with Crippen LogP contribution in [0.5, 0.6) is 0 Å². The van der Waals surface area contributed by atoms with Crippen LogP contribution in [0.3, 0.4) is 0 Å². The highest BCUT2D eigenvalue weighted by molar-refractivity contribution is 6.16. The zero-order valence-electron chi connectivity index (χ0n) is 15.3. The molecule has 0 radical (unpaired) electrons. The van der Waals surface area contributed by atoms with Crippen LogP contribution in [-0.2, 0) is 0 Å². The van der Waals surface area contributed by atoms with E-state index in [4.69, 9.17) is 0 Å². The summed E-state index contributed by atoms with van der Waals surface area (Å²) < 4.78 is 0. The van der Waals surface area contributed by atoms with E-state index in [9.17, 15) is 0 Å². The van der Waals surface area contributed by atoms with Gasteiger partial charge in [0.1, 0.15) is 0 Å². The molecule has 1 heteroatoms. The predicted molar refractivity (Wildman–Crippen MR) is 117 cm³/mol. The number of rotatable bonds is 2. The first-order valence-electron chi connectivity index (χ1n) is 9.57. The molecule has 1 aromatic heterocycles. The molecule has 1 aliphatic carbocycles. The molecule has 0 fully saturated rings.